The molecule has 0 aromatic carbocycles. The van der Waals surface area contributed by atoms with E-state index in [1.54, 1.807) is 0 Å². The van der Waals surface area contributed by atoms with Gasteiger partial charge in [-0.1, -0.05) is 27.7 Å². The average Bonchev–Trinajstić information content (AvgIpc) is 2.43. The van der Waals surface area contributed by atoms with Gasteiger partial charge >= 0.3 is 0 Å². The smallest absolute Gasteiger partial charge is 0.0701 e. The Kier molecular flexibility index (Phi) is 6.46. The van der Waals surface area contributed by atoms with Gasteiger partial charge in [0.05, 0.1) is 5.60 Å². The molecule has 3 heteroatoms. The molecule has 2 unspecified atom stereocenters. The highest BCUT2D eigenvalue weighted by molar-refractivity contribution is 7.99. The van der Waals surface area contributed by atoms with Crippen molar-refractivity contribution < 1.29 is 4.74 Å². The first-order valence-electron chi connectivity index (χ1n) is 8.89. The monoisotopic (exact) mass is 313 g/mol. The summed E-state index contributed by atoms with van der Waals surface area (Å²) in [4.78, 5) is 0. The van der Waals surface area contributed by atoms with Crippen molar-refractivity contribution >= 4 is 11.8 Å². The molecular formula is C18H35NOS. The molecule has 0 saturated carbocycles. The molecule has 0 amide bonds. The van der Waals surface area contributed by atoms with Crippen LogP contribution in [0.1, 0.15) is 66.2 Å². The second kappa shape index (κ2) is 7.70. The first-order valence-corrected chi connectivity index (χ1v) is 10.0. The Bertz CT molecular complexity index is 301. The van der Waals surface area contributed by atoms with Gasteiger partial charge in [0.1, 0.15) is 0 Å². The van der Waals surface area contributed by atoms with Crippen molar-refractivity contribution in [3.8, 4) is 0 Å². The summed E-state index contributed by atoms with van der Waals surface area (Å²) in [6.45, 7) is 11.5. The molecule has 0 aliphatic carbocycles. The van der Waals surface area contributed by atoms with E-state index in [2.05, 4.69) is 44.8 Å². The summed E-state index contributed by atoms with van der Waals surface area (Å²) in [5, 5.41) is 3.86. The van der Waals surface area contributed by atoms with Crippen molar-refractivity contribution in [3.63, 3.8) is 0 Å². The lowest BCUT2D eigenvalue weighted by Crippen LogP contribution is -2.49. The van der Waals surface area contributed by atoms with Crippen LogP contribution in [0.5, 0.6) is 0 Å². The Hall–Kier alpha value is 0.270. The van der Waals surface area contributed by atoms with E-state index in [0.717, 1.165) is 19.1 Å². The summed E-state index contributed by atoms with van der Waals surface area (Å²) >= 11 is 2.10. The fourth-order valence-electron chi connectivity index (χ4n) is 3.90. The van der Waals surface area contributed by atoms with Crippen molar-refractivity contribution in [1.82, 2.24) is 5.32 Å². The predicted molar refractivity (Wildman–Crippen MR) is 94.1 cm³/mol. The Morgan fingerprint density at radius 1 is 1.29 bits per heavy atom. The molecule has 0 radical (unpaired) electrons. The van der Waals surface area contributed by atoms with Gasteiger partial charge in [-0.25, -0.2) is 0 Å². The van der Waals surface area contributed by atoms with Gasteiger partial charge in [0.25, 0.3) is 0 Å². The molecule has 0 bridgehead atoms. The highest BCUT2D eigenvalue weighted by atomic mass is 32.2. The van der Waals surface area contributed by atoms with Crippen LogP contribution in [0.2, 0.25) is 0 Å². The Balaban J connectivity index is 2.00. The maximum absolute atomic E-state index is 6.28. The lowest BCUT2D eigenvalue weighted by atomic mass is 9.74. The van der Waals surface area contributed by atoms with E-state index in [0.29, 0.717) is 11.5 Å². The predicted octanol–water partition coefficient (Wildman–Crippen LogP) is 4.48. The molecule has 0 aromatic rings. The number of nitrogens with one attached hydrogen (secondary N) is 1. The third kappa shape index (κ3) is 5.44. The minimum Gasteiger partial charge on any atom is -0.375 e. The maximum atomic E-state index is 6.28. The quantitative estimate of drug-likeness (QED) is 0.808. The van der Waals surface area contributed by atoms with Crippen LogP contribution in [-0.2, 0) is 4.74 Å². The third-order valence-electron chi connectivity index (χ3n) is 4.99. The Labute approximate surface area is 136 Å². The first kappa shape index (κ1) is 17.6. The molecule has 0 aromatic heterocycles. The van der Waals surface area contributed by atoms with Gasteiger partial charge in [0.15, 0.2) is 0 Å². The van der Waals surface area contributed by atoms with E-state index in [9.17, 15) is 0 Å². The summed E-state index contributed by atoms with van der Waals surface area (Å²) in [5.74, 6) is 3.38. The summed E-state index contributed by atoms with van der Waals surface area (Å²) in [6.07, 6.45) is 7.57. The van der Waals surface area contributed by atoms with Gasteiger partial charge in [-0.15, -0.1) is 0 Å². The van der Waals surface area contributed by atoms with E-state index in [1.165, 1.54) is 50.0 Å². The van der Waals surface area contributed by atoms with Gasteiger partial charge in [-0.05, 0) is 67.9 Å². The molecule has 2 fully saturated rings. The SMILES string of the molecule is CCCNC(CC(C)(C)C)C1CCOC2(CCSCC2)C1. The minimum absolute atomic E-state index is 0.220. The fraction of sp³-hybridized carbons (Fsp3) is 1.00. The fourth-order valence-corrected chi connectivity index (χ4v) is 5.13. The Morgan fingerprint density at radius 3 is 2.62 bits per heavy atom. The van der Waals surface area contributed by atoms with E-state index in [-0.39, 0.29) is 5.60 Å². The number of hydrogen-bond donors (Lipinski definition) is 1. The molecule has 21 heavy (non-hydrogen) atoms. The molecule has 1 N–H and O–H groups in total. The van der Waals surface area contributed by atoms with Crippen molar-refractivity contribution in [2.24, 2.45) is 11.3 Å². The van der Waals surface area contributed by atoms with Crippen molar-refractivity contribution in [1.29, 1.82) is 0 Å². The lowest BCUT2D eigenvalue weighted by Gasteiger charge is -2.46. The summed E-state index contributed by atoms with van der Waals surface area (Å²) < 4.78 is 6.28. The second-order valence-electron chi connectivity index (χ2n) is 8.22. The molecule has 1 spiro atoms. The molecular weight excluding hydrogens is 278 g/mol. The normalized spacial score (nSPS) is 27.7. The molecule has 2 rings (SSSR count). The topological polar surface area (TPSA) is 21.3 Å². The zero-order valence-corrected chi connectivity index (χ0v) is 15.4. The summed E-state index contributed by atoms with van der Waals surface area (Å²) in [6, 6.07) is 0.667. The zero-order chi connectivity index (χ0) is 15.3. The average molecular weight is 314 g/mol. The molecule has 2 atom stereocenters. The molecule has 2 heterocycles. The van der Waals surface area contributed by atoms with Gasteiger partial charge < -0.3 is 10.1 Å². The van der Waals surface area contributed by atoms with Gasteiger partial charge in [0, 0.05) is 12.6 Å². The maximum Gasteiger partial charge on any atom is 0.0701 e. The molecule has 2 aliphatic rings. The standard InChI is InChI=1S/C18H35NOS/c1-5-9-19-16(14-17(2,3)4)15-6-10-20-18(13-15)7-11-21-12-8-18/h15-16,19H,5-14H2,1-4H3. The summed E-state index contributed by atoms with van der Waals surface area (Å²) in [5.41, 5.74) is 0.623. The highest BCUT2D eigenvalue weighted by Gasteiger charge is 2.41. The van der Waals surface area contributed by atoms with Crippen LogP contribution >= 0.6 is 11.8 Å². The number of thioether (sulfide) groups is 1. The van der Waals surface area contributed by atoms with Crippen LogP contribution in [0, 0.1) is 11.3 Å². The van der Waals surface area contributed by atoms with E-state index in [4.69, 9.17) is 4.74 Å². The van der Waals surface area contributed by atoms with Crippen molar-refractivity contribution in [2.75, 3.05) is 24.7 Å². The zero-order valence-electron chi connectivity index (χ0n) is 14.5. The van der Waals surface area contributed by atoms with E-state index < -0.39 is 0 Å². The van der Waals surface area contributed by atoms with Crippen molar-refractivity contribution in [2.45, 2.75) is 77.9 Å². The van der Waals surface area contributed by atoms with Crippen LogP contribution in [0.4, 0.5) is 0 Å². The second-order valence-corrected chi connectivity index (χ2v) is 9.45. The van der Waals surface area contributed by atoms with E-state index in [1.807, 2.05) is 0 Å². The molecule has 2 nitrogen and oxygen atoms in total. The number of hydrogen-bond acceptors (Lipinski definition) is 3. The van der Waals surface area contributed by atoms with E-state index >= 15 is 0 Å². The lowest BCUT2D eigenvalue weighted by molar-refractivity contribution is -0.108. The largest absolute Gasteiger partial charge is 0.375 e. The summed E-state index contributed by atoms with van der Waals surface area (Å²) in [7, 11) is 0. The van der Waals surface area contributed by atoms with Gasteiger partial charge in [-0.3, -0.25) is 0 Å². The van der Waals surface area contributed by atoms with Gasteiger partial charge in [-0.2, -0.15) is 11.8 Å². The Morgan fingerprint density at radius 2 is 2.00 bits per heavy atom. The van der Waals surface area contributed by atoms with Crippen LogP contribution in [-0.4, -0.2) is 36.3 Å². The van der Waals surface area contributed by atoms with Crippen LogP contribution in [0.3, 0.4) is 0 Å². The number of ether oxygens (including phenoxy) is 1. The molecule has 124 valence electrons. The molecule has 2 saturated heterocycles. The minimum atomic E-state index is 0.220. The van der Waals surface area contributed by atoms with Crippen LogP contribution in [0.25, 0.3) is 0 Å². The molecule has 2 aliphatic heterocycles. The number of rotatable bonds is 5. The van der Waals surface area contributed by atoms with Gasteiger partial charge in [0.2, 0.25) is 0 Å². The van der Waals surface area contributed by atoms with Crippen LogP contribution < -0.4 is 5.32 Å². The first-order chi connectivity index (χ1) is 9.94. The van der Waals surface area contributed by atoms with Crippen LogP contribution in [0.15, 0.2) is 0 Å². The third-order valence-corrected chi connectivity index (χ3v) is 5.98. The highest BCUT2D eigenvalue weighted by Crippen LogP contribution is 2.42. The van der Waals surface area contributed by atoms with Crippen molar-refractivity contribution in [3.05, 3.63) is 0 Å².